The first-order valence-corrected chi connectivity index (χ1v) is 9.09. The van der Waals surface area contributed by atoms with Gasteiger partial charge in [0.15, 0.2) is 9.84 Å². The van der Waals surface area contributed by atoms with Crippen LogP contribution in [-0.4, -0.2) is 30.8 Å². The third kappa shape index (κ3) is 2.46. The molecule has 21 heavy (non-hydrogen) atoms. The Morgan fingerprint density at radius 3 is 2.62 bits per heavy atom. The Labute approximate surface area is 125 Å². The van der Waals surface area contributed by atoms with Gasteiger partial charge in [0.1, 0.15) is 5.82 Å². The molecule has 1 saturated carbocycles. The summed E-state index contributed by atoms with van der Waals surface area (Å²) in [6, 6.07) is 5.13. The largest absolute Gasteiger partial charge is 0.331 e. The van der Waals surface area contributed by atoms with Crippen molar-refractivity contribution < 1.29 is 8.42 Å². The summed E-state index contributed by atoms with van der Waals surface area (Å²) in [5, 5.41) is 0. The predicted molar refractivity (Wildman–Crippen MR) is 82.9 cm³/mol. The van der Waals surface area contributed by atoms with E-state index < -0.39 is 9.84 Å². The summed E-state index contributed by atoms with van der Waals surface area (Å²) in [4.78, 5) is 4.96. The number of hydrogen-bond donors (Lipinski definition) is 1. The summed E-state index contributed by atoms with van der Waals surface area (Å²) in [5.74, 6) is 0.987. The average molecular weight is 307 g/mol. The van der Waals surface area contributed by atoms with Crippen LogP contribution in [0.25, 0.3) is 11.0 Å². The van der Waals surface area contributed by atoms with Gasteiger partial charge in [0, 0.05) is 19.7 Å². The van der Waals surface area contributed by atoms with E-state index >= 15 is 0 Å². The van der Waals surface area contributed by atoms with Crippen molar-refractivity contribution in [2.24, 2.45) is 18.2 Å². The Bertz CT molecular complexity index is 783. The topological polar surface area (TPSA) is 78.0 Å². The van der Waals surface area contributed by atoms with Crippen LogP contribution in [0.15, 0.2) is 23.1 Å². The molecule has 114 valence electrons. The summed E-state index contributed by atoms with van der Waals surface area (Å²) < 4.78 is 25.3. The van der Waals surface area contributed by atoms with Crippen molar-refractivity contribution in [2.45, 2.75) is 30.6 Å². The van der Waals surface area contributed by atoms with Crippen LogP contribution >= 0.6 is 0 Å². The van der Waals surface area contributed by atoms with Crippen molar-refractivity contribution in [2.75, 3.05) is 12.8 Å². The molecule has 0 spiro atoms. The van der Waals surface area contributed by atoms with Gasteiger partial charge in [-0.05, 0) is 43.0 Å². The lowest BCUT2D eigenvalue weighted by Gasteiger charge is -2.40. The molecule has 1 aromatic carbocycles. The minimum absolute atomic E-state index is 0.189. The van der Waals surface area contributed by atoms with Gasteiger partial charge in [0.05, 0.1) is 15.9 Å². The van der Waals surface area contributed by atoms with E-state index in [0.29, 0.717) is 11.4 Å². The first-order chi connectivity index (χ1) is 9.85. The van der Waals surface area contributed by atoms with E-state index in [9.17, 15) is 8.42 Å². The third-order valence-electron chi connectivity index (χ3n) is 4.75. The third-order valence-corrected chi connectivity index (χ3v) is 5.86. The van der Waals surface area contributed by atoms with Crippen LogP contribution in [0, 0.1) is 5.41 Å². The van der Waals surface area contributed by atoms with Gasteiger partial charge in [0.25, 0.3) is 0 Å². The molecule has 0 bridgehead atoms. The number of imidazole rings is 1. The Morgan fingerprint density at radius 1 is 1.38 bits per heavy atom. The second-order valence-electron chi connectivity index (χ2n) is 6.24. The molecular weight excluding hydrogens is 286 g/mol. The molecule has 2 N–H and O–H groups in total. The molecule has 1 heterocycles. The zero-order valence-corrected chi connectivity index (χ0v) is 13.3. The molecule has 2 aromatic rings. The molecule has 1 aromatic heterocycles. The highest BCUT2D eigenvalue weighted by atomic mass is 32.2. The van der Waals surface area contributed by atoms with E-state index in [4.69, 9.17) is 5.73 Å². The van der Waals surface area contributed by atoms with E-state index in [0.717, 1.165) is 36.1 Å². The van der Waals surface area contributed by atoms with Crippen LogP contribution < -0.4 is 5.73 Å². The van der Waals surface area contributed by atoms with E-state index in [1.165, 1.54) is 12.7 Å². The molecule has 1 aliphatic rings. The summed E-state index contributed by atoms with van der Waals surface area (Å²) in [6.45, 7) is 0.685. The van der Waals surface area contributed by atoms with E-state index in [1.54, 1.807) is 12.1 Å². The molecule has 0 atom stereocenters. The lowest BCUT2D eigenvalue weighted by Crippen LogP contribution is -2.39. The molecule has 1 aliphatic carbocycles. The zero-order chi connectivity index (χ0) is 15.3. The first-order valence-electron chi connectivity index (χ1n) is 7.20. The molecule has 0 radical (unpaired) electrons. The van der Waals surface area contributed by atoms with Crippen LogP contribution in [-0.2, 0) is 23.3 Å². The molecule has 0 aliphatic heterocycles. The minimum atomic E-state index is -3.20. The number of nitrogens with zero attached hydrogens (tertiary/aromatic N) is 2. The molecule has 1 fully saturated rings. The maximum Gasteiger partial charge on any atom is 0.175 e. The number of fused-ring (bicyclic) bond motifs is 1. The highest BCUT2D eigenvalue weighted by Crippen LogP contribution is 2.42. The van der Waals surface area contributed by atoms with Crippen molar-refractivity contribution in [1.82, 2.24) is 9.55 Å². The summed E-state index contributed by atoms with van der Waals surface area (Å²) in [7, 11) is -1.22. The molecule has 0 unspecified atom stereocenters. The fraction of sp³-hybridized carbons (Fsp3) is 0.533. The van der Waals surface area contributed by atoms with Gasteiger partial charge in [-0.15, -0.1) is 0 Å². The molecular formula is C15H21N3O2S. The fourth-order valence-electron chi connectivity index (χ4n) is 3.08. The van der Waals surface area contributed by atoms with Crippen LogP contribution in [0.1, 0.15) is 25.1 Å². The normalized spacial score (nSPS) is 17.9. The van der Waals surface area contributed by atoms with Gasteiger partial charge >= 0.3 is 0 Å². The van der Waals surface area contributed by atoms with E-state index in [1.807, 2.05) is 13.1 Å². The number of aromatic nitrogens is 2. The molecule has 6 heteroatoms. The standard InChI is InChI=1S/C15H21N3O2S/c1-18-13-5-4-11(21(2,19)20)8-12(13)17-14(18)9-15(10-16)6-3-7-15/h4-5,8H,3,6-7,9-10,16H2,1-2H3. The summed E-state index contributed by atoms with van der Waals surface area (Å²) in [5.41, 5.74) is 7.81. The van der Waals surface area contributed by atoms with Crippen LogP contribution in [0.4, 0.5) is 0 Å². The monoisotopic (exact) mass is 307 g/mol. The smallest absolute Gasteiger partial charge is 0.175 e. The number of nitrogens with two attached hydrogens (primary N) is 1. The molecule has 5 nitrogen and oxygen atoms in total. The highest BCUT2D eigenvalue weighted by Gasteiger charge is 2.36. The van der Waals surface area contributed by atoms with Gasteiger partial charge in [-0.25, -0.2) is 13.4 Å². The van der Waals surface area contributed by atoms with Gasteiger partial charge in [-0.2, -0.15) is 0 Å². The average Bonchev–Trinajstić information content (AvgIpc) is 2.69. The second-order valence-corrected chi connectivity index (χ2v) is 8.26. The Balaban J connectivity index is 2.03. The summed E-state index contributed by atoms with van der Waals surface area (Å²) >= 11 is 0. The lowest BCUT2D eigenvalue weighted by molar-refractivity contribution is 0.140. The van der Waals surface area contributed by atoms with Crippen LogP contribution in [0.2, 0.25) is 0 Å². The number of aryl methyl sites for hydroxylation is 1. The van der Waals surface area contributed by atoms with Crippen LogP contribution in [0.5, 0.6) is 0 Å². The van der Waals surface area contributed by atoms with E-state index in [-0.39, 0.29) is 5.41 Å². The van der Waals surface area contributed by atoms with Gasteiger partial charge in [0.2, 0.25) is 0 Å². The van der Waals surface area contributed by atoms with Gasteiger partial charge in [-0.1, -0.05) is 6.42 Å². The Kier molecular flexibility index (Phi) is 3.33. The number of rotatable bonds is 4. The Hall–Kier alpha value is -1.40. The minimum Gasteiger partial charge on any atom is -0.331 e. The van der Waals surface area contributed by atoms with Crippen LogP contribution in [0.3, 0.4) is 0 Å². The number of hydrogen-bond acceptors (Lipinski definition) is 4. The molecule has 0 saturated heterocycles. The van der Waals surface area contributed by atoms with Crippen molar-refractivity contribution >= 4 is 20.9 Å². The SMILES string of the molecule is Cn1c(CC2(CN)CCC2)nc2cc(S(C)(=O)=O)ccc21. The lowest BCUT2D eigenvalue weighted by atomic mass is 9.66. The summed E-state index contributed by atoms with van der Waals surface area (Å²) in [6.07, 6.45) is 5.63. The van der Waals surface area contributed by atoms with Gasteiger partial charge < -0.3 is 10.3 Å². The highest BCUT2D eigenvalue weighted by molar-refractivity contribution is 7.90. The molecule has 3 rings (SSSR count). The molecule has 0 amide bonds. The van der Waals surface area contributed by atoms with Crippen molar-refractivity contribution in [3.05, 3.63) is 24.0 Å². The quantitative estimate of drug-likeness (QED) is 0.931. The first kappa shape index (κ1) is 14.5. The van der Waals surface area contributed by atoms with Crippen molar-refractivity contribution in [3.8, 4) is 0 Å². The van der Waals surface area contributed by atoms with Gasteiger partial charge in [-0.3, -0.25) is 0 Å². The maximum absolute atomic E-state index is 11.6. The number of sulfone groups is 1. The fourth-order valence-corrected chi connectivity index (χ4v) is 3.72. The number of benzene rings is 1. The van der Waals surface area contributed by atoms with Crippen molar-refractivity contribution in [3.63, 3.8) is 0 Å². The predicted octanol–water partition coefficient (Wildman–Crippen LogP) is 1.65. The van der Waals surface area contributed by atoms with Crippen molar-refractivity contribution in [1.29, 1.82) is 0 Å². The zero-order valence-electron chi connectivity index (χ0n) is 12.5. The van der Waals surface area contributed by atoms with E-state index in [2.05, 4.69) is 9.55 Å². The second kappa shape index (κ2) is 4.81. The Morgan fingerprint density at radius 2 is 2.10 bits per heavy atom. The maximum atomic E-state index is 11.6.